The van der Waals surface area contributed by atoms with Crippen molar-refractivity contribution in [1.29, 1.82) is 0 Å². The maximum absolute atomic E-state index is 6.29. The molecule has 0 spiro atoms. The number of pyridine rings is 1. The molecule has 2 aromatic heterocycles. The van der Waals surface area contributed by atoms with Crippen LogP contribution in [0.3, 0.4) is 0 Å². The number of aromatic nitrogens is 1. The number of rotatable bonds is 1. The predicted molar refractivity (Wildman–Crippen MR) is 111 cm³/mol. The van der Waals surface area contributed by atoms with Crippen molar-refractivity contribution in [1.82, 2.24) is 9.88 Å². The van der Waals surface area contributed by atoms with E-state index in [9.17, 15) is 0 Å². The van der Waals surface area contributed by atoms with E-state index in [2.05, 4.69) is 78.1 Å². The third-order valence-corrected chi connectivity index (χ3v) is 5.83. The molecule has 0 aliphatic carbocycles. The number of fused-ring (bicyclic) bond motifs is 4. The highest BCUT2D eigenvalue weighted by Gasteiger charge is 2.29. The molecule has 2 aromatic carbocycles. The fourth-order valence-corrected chi connectivity index (χ4v) is 4.20. The lowest BCUT2D eigenvalue weighted by Gasteiger charge is -2.36. The van der Waals surface area contributed by atoms with Crippen molar-refractivity contribution in [3.63, 3.8) is 0 Å². The molecule has 136 valence electrons. The number of anilines is 2. The van der Waals surface area contributed by atoms with Crippen molar-refractivity contribution in [2.45, 2.75) is 26.4 Å². The zero-order valence-corrected chi connectivity index (χ0v) is 15.9. The fraction of sp³-hybridized carbons (Fsp3) is 0.261. The Balaban J connectivity index is 1.85. The Labute approximate surface area is 159 Å². The van der Waals surface area contributed by atoms with Gasteiger partial charge in [-0.15, -0.1) is 0 Å². The largest absolute Gasteiger partial charge is 0.435 e. The lowest BCUT2D eigenvalue weighted by Crippen LogP contribution is -2.41. The monoisotopic (exact) mass is 357 g/mol. The molecule has 0 saturated carbocycles. The molecule has 0 bridgehead atoms. The molecule has 0 radical (unpaired) electrons. The molecule has 4 nitrogen and oxygen atoms in total. The SMILES string of the molecule is Cc1ccc2c(oc3ncccc32)c1N1c2ccccc2CCN(C)[C@@H]1C. The van der Waals surface area contributed by atoms with E-state index < -0.39 is 0 Å². The van der Waals surface area contributed by atoms with Crippen molar-refractivity contribution < 1.29 is 4.42 Å². The van der Waals surface area contributed by atoms with Gasteiger partial charge in [-0.2, -0.15) is 0 Å². The van der Waals surface area contributed by atoms with E-state index in [1.807, 2.05) is 6.07 Å². The Morgan fingerprint density at radius 1 is 1.04 bits per heavy atom. The molecule has 3 heterocycles. The lowest BCUT2D eigenvalue weighted by atomic mass is 10.0. The van der Waals surface area contributed by atoms with Crippen LogP contribution >= 0.6 is 0 Å². The van der Waals surface area contributed by atoms with Gasteiger partial charge in [-0.25, -0.2) is 4.98 Å². The number of nitrogens with zero attached hydrogens (tertiary/aromatic N) is 3. The Bertz CT molecular complexity index is 1150. The molecule has 0 amide bonds. The van der Waals surface area contributed by atoms with Gasteiger partial charge < -0.3 is 9.32 Å². The molecular weight excluding hydrogens is 334 g/mol. The van der Waals surface area contributed by atoms with Gasteiger partial charge in [0.2, 0.25) is 5.71 Å². The fourth-order valence-electron chi connectivity index (χ4n) is 4.20. The van der Waals surface area contributed by atoms with Gasteiger partial charge in [-0.3, -0.25) is 4.90 Å². The summed E-state index contributed by atoms with van der Waals surface area (Å²) < 4.78 is 6.29. The first kappa shape index (κ1) is 16.3. The maximum Gasteiger partial charge on any atom is 0.227 e. The Hall–Kier alpha value is -2.85. The zero-order chi connectivity index (χ0) is 18.5. The molecule has 0 fully saturated rings. The summed E-state index contributed by atoms with van der Waals surface area (Å²) in [5.41, 5.74) is 6.60. The minimum absolute atomic E-state index is 0.221. The summed E-state index contributed by atoms with van der Waals surface area (Å²) in [6.07, 6.45) is 3.05. The highest BCUT2D eigenvalue weighted by molar-refractivity contribution is 6.09. The average Bonchev–Trinajstić information content (AvgIpc) is 3.01. The third kappa shape index (κ3) is 2.44. The highest BCUT2D eigenvalue weighted by atomic mass is 16.3. The molecule has 0 unspecified atom stereocenters. The third-order valence-electron chi connectivity index (χ3n) is 5.83. The van der Waals surface area contributed by atoms with Crippen LogP contribution in [0.2, 0.25) is 0 Å². The van der Waals surface area contributed by atoms with Crippen LogP contribution in [0.4, 0.5) is 11.4 Å². The summed E-state index contributed by atoms with van der Waals surface area (Å²) in [7, 11) is 2.19. The summed E-state index contributed by atoms with van der Waals surface area (Å²) in [6, 6.07) is 17.1. The van der Waals surface area contributed by atoms with E-state index >= 15 is 0 Å². The first-order valence-electron chi connectivity index (χ1n) is 9.49. The molecule has 1 aliphatic heterocycles. The van der Waals surface area contributed by atoms with Crippen LogP contribution in [0.15, 0.2) is 59.1 Å². The van der Waals surface area contributed by atoms with Gasteiger partial charge in [0.25, 0.3) is 0 Å². The summed E-state index contributed by atoms with van der Waals surface area (Å²) in [6.45, 7) is 5.46. The Morgan fingerprint density at radius 3 is 2.78 bits per heavy atom. The Morgan fingerprint density at radius 2 is 1.89 bits per heavy atom. The average molecular weight is 357 g/mol. The van der Waals surface area contributed by atoms with Gasteiger partial charge in [-0.05, 0) is 56.6 Å². The van der Waals surface area contributed by atoms with Crippen LogP contribution in [0.1, 0.15) is 18.1 Å². The van der Waals surface area contributed by atoms with Gasteiger partial charge in [0.15, 0.2) is 5.58 Å². The first-order valence-corrected chi connectivity index (χ1v) is 9.49. The predicted octanol–water partition coefficient (Wildman–Crippen LogP) is 5.26. The molecule has 0 N–H and O–H groups in total. The quantitative estimate of drug-likeness (QED) is 0.465. The normalized spacial score (nSPS) is 18.0. The molecule has 4 aromatic rings. The van der Waals surface area contributed by atoms with Crippen LogP contribution in [-0.2, 0) is 6.42 Å². The lowest BCUT2D eigenvalue weighted by molar-refractivity contribution is 0.271. The zero-order valence-electron chi connectivity index (χ0n) is 15.9. The van der Waals surface area contributed by atoms with E-state index in [4.69, 9.17) is 4.42 Å². The van der Waals surface area contributed by atoms with Crippen molar-refractivity contribution in [3.8, 4) is 0 Å². The van der Waals surface area contributed by atoms with Crippen LogP contribution in [0.25, 0.3) is 22.1 Å². The summed E-state index contributed by atoms with van der Waals surface area (Å²) in [5, 5.41) is 2.19. The molecule has 4 heteroatoms. The van der Waals surface area contributed by atoms with E-state index in [1.54, 1.807) is 6.20 Å². The minimum atomic E-state index is 0.221. The van der Waals surface area contributed by atoms with E-state index in [1.165, 1.54) is 16.8 Å². The van der Waals surface area contributed by atoms with Gasteiger partial charge >= 0.3 is 0 Å². The topological polar surface area (TPSA) is 32.5 Å². The van der Waals surface area contributed by atoms with Crippen LogP contribution in [0, 0.1) is 6.92 Å². The number of hydrogen-bond acceptors (Lipinski definition) is 4. The smallest absolute Gasteiger partial charge is 0.227 e. The second kappa shape index (κ2) is 6.10. The first-order chi connectivity index (χ1) is 13.1. The Kier molecular flexibility index (Phi) is 3.69. The number of para-hydroxylation sites is 1. The molecule has 0 saturated heterocycles. The summed E-state index contributed by atoms with van der Waals surface area (Å²) in [4.78, 5) is 9.27. The van der Waals surface area contributed by atoms with E-state index in [0.29, 0.717) is 5.71 Å². The van der Waals surface area contributed by atoms with Crippen molar-refractivity contribution in [2.24, 2.45) is 0 Å². The minimum Gasteiger partial charge on any atom is -0.435 e. The van der Waals surface area contributed by atoms with Crippen molar-refractivity contribution >= 4 is 33.4 Å². The number of furan rings is 1. The molecule has 1 atom stereocenters. The van der Waals surface area contributed by atoms with Gasteiger partial charge in [-0.1, -0.05) is 30.3 Å². The van der Waals surface area contributed by atoms with E-state index in [0.717, 1.165) is 35.0 Å². The highest BCUT2D eigenvalue weighted by Crippen LogP contribution is 2.42. The molecule has 1 aliphatic rings. The maximum atomic E-state index is 6.29. The van der Waals surface area contributed by atoms with Gasteiger partial charge in [0, 0.05) is 29.2 Å². The van der Waals surface area contributed by atoms with Gasteiger partial charge in [0.1, 0.15) is 0 Å². The van der Waals surface area contributed by atoms with Crippen LogP contribution < -0.4 is 4.90 Å². The summed E-state index contributed by atoms with van der Waals surface area (Å²) in [5.74, 6) is 0. The summed E-state index contributed by atoms with van der Waals surface area (Å²) >= 11 is 0. The van der Waals surface area contributed by atoms with Gasteiger partial charge in [0.05, 0.1) is 11.9 Å². The number of aryl methyl sites for hydroxylation is 1. The standard InChI is InChI=1S/C23H23N3O/c1-15-10-11-18-19-8-6-13-24-23(19)27-22(18)21(15)26-16(2)25(3)14-12-17-7-4-5-9-20(17)26/h4-11,13,16H,12,14H2,1-3H3/t16-/m0/s1. The molecule has 27 heavy (non-hydrogen) atoms. The second-order valence-electron chi connectivity index (χ2n) is 7.43. The van der Waals surface area contributed by atoms with Crippen molar-refractivity contribution in [2.75, 3.05) is 18.5 Å². The molecule has 5 rings (SSSR count). The number of hydrogen-bond donors (Lipinski definition) is 0. The molecular formula is C23H23N3O. The van der Waals surface area contributed by atoms with E-state index in [-0.39, 0.29) is 6.17 Å². The van der Waals surface area contributed by atoms with Crippen LogP contribution in [-0.4, -0.2) is 29.6 Å². The second-order valence-corrected chi connectivity index (χ2v) is 7.43. The number of likely N-dealkylation sites (N-methyl/N-ethyl adjacent to an activating group) is 1. The van der Waals surface area contributed by atoms with Crippen LogP contribution in [0.5, 0.6) is 0 Å². The van der Waals surface area contributed by atoms with Crippen molar-refractivity contribution in [3.05, 3.63) is 65.9 Å². The number of benzene rings is 2.